The first-order chi connectivity index (χ1) is 15.6. The molecule has 5 atom stereocenters. The van der Waals surface area contributed by atoms with E-state index in [2.05, 4.69) is 56.0 Å². The van der Waals surface area contributed by atoms with Crippen LogP contribution in [0.15, 0.2) is 35.1 Å². The fourth-order valence-corrected chi connectivity index (χ4v) is 5.10. The molecule has 32 heavy (non-hydrogen) atoms. The van der Waals surface area contributed by atoms with E-state index in [1.165, 1.54) is 0 Å². The van der Waals surface area contributed by atoms with Crippen LogP contribution in [0.25, 0.3) is 11.2 Å². The molecule has 5 rings (SSSR count). The third-order valence-corrected chi connectivity index (χ3v) is 6.91. The molecule has 0 bridgehead atoms. The molecule has 2 aromatic heterocycles. The Bertz CT molecular complexity index is 1200. The lowest BCUT2D eigenvalue weighted by molar-refractivity contribution is 0.00386. The fraction of sp³-hybridized carbons (Fsp3) is 0.458. The number of nitrogens with zero attached hydrogens (tertiary/aromatic N) is 4. The van der Waals surface area contributed by atoms with Crippen molar-refractivity contribution in [2.75, 3.05) is 5.32 Å². The number of aliphatic hydroxyl groups excluding tert-OH is 2. The number of hydrogen-bond acceptors (Lipinski definition) is 6. The van der Waals surface area contributed by atoms with Crippen LogP contribution in [0.1, 0.15) is 50.0 Å². The first-order valence-electron chi connectivity index (χ1n) is 11.1. The van der Waals surface area contributed by atoms with Crippen molar-refractivity contribution in [3.05, 3.63) is 46.5 Å². The maximum absolute atomic E-state index is 10.6. The third kappa shape index (κ3) is 4.01. The molecular weight excluding hydrogens is 470 g/mol. The molecule has 0 saturated heterocycles. The van der Waals surface area contributed by atoms with Gasteiger partial charge in [0.2, 0.25) is 5.82 Å². The molecule has 3 aromatic rings. The molecule has 2 saturated carbocycles. The summed E-state index contributed by atoms with van der Waals surface area (Å²) in [6, 6.07) is 7.86. The molecule has 0 amide bonds. The number of nitrogens with one attached hydrogen (secondary N) is 1. The minimum absolute atomic E-state index is 0.164. The summed E-state index contributed by atoms with van der Waals surface area (Å²) >= 11 is 3.51. The van der Waals surface area contributed by atoms with Gasteiger partial charge in [-0.1, -0.05) is 47.3 Å². The van der Waals surface area contributed by atoms with Crippen LogP contribution in [0.2, 0.25) is 0 Å². The number of benzene rings is 1. The van der Waals surface area contributed by atoms with Crippen LogP contribution >= 0.6 is 15.9 Å². The molecular formula is C24H26BrN5O2. The summed E-state index contributed by atoms with van der Waals surface area (Å²) in [4.78, 5) is 13.9. The van der Waals surface area contributed by atoms with Gasteiger partial charge in [0.15, 0.2) is 17.0 Å². The minimum atomic E-state index is -0.816. The number of fused-ring (bicyclic) bond motifs is 2. The summed E-state index contributed by atoms with van der Waals surface area (Å²) in [7, 11) is 0. The van der Waals surface area contributed by atoms with Crippen molar-refractivity contribution in [2.24, 2.45) is 11.8 Å². The van der Waals surface area contributed by atoms with Crippen LogP contribution in [-0.4, -0.2) is 41.9 Å². The van der Waals surface area contributed by atoms with Gasteiger partial charge in [-0.3, -0.25) is 0 Å². The summed E-state index contributed by atoms with van der Waals surface area (Å²) in [6.07, 6.45) is 4.05. The lowest BCUT2D eigenvalue weighted by atomic mass is 10.1. The van der Waals surface area contributed by atoms with Crippen LogP contribution in [0.3, 0.4) is 0 Å². The number of anilines is 1. The van der Waals surface area contributed by atoms with Gasteiger partial charge in [0.1, 0.15) is 6.10 Å². The Balaban J connectivity index is 1.51. The average Bonchev–Trinajstić information content (AvgIpc) is 3.39. The largest absolute Gasteiger partial charge is 0.390 e. The molecule has 0 unspecified atom stereocenters. The quantitative estimate of drug-likeness (QED) is 0.356. The molecule has 2 heterocycles. The monoisotopic (exact) mass is 495 g/mol. The van der Waals surface area contributed by atoms with Gasteiger partial charge in [0.25, 0.3) is 0 Å². The lowest BCUT2D eigenvalue weighted by Gasteiger charge is -2.22. The van der Waals surface area contributed by atoms with Gasteiger partial charge in [0, 0.05) is 17.4 Å². The van der Waals surface area contributed by atoms with Gasteiger partial charge in [-0.25, -0.2) is 15.0 Å². The highest BCUT2D eigenvalue weighted by atomic mass is 79.9. The van der Waals surface area contributed by atoms with Crippen molar-refractivity contribution in [1.82, 2.24) is 19.5 Å². The average molecular weight is 496 g/mol. The Kier molecular flexibility index (Phi) is 5.89. The van der Waals surface area contributed by atoms with E-state index in [9.17, 15) is 10.2 Å². The lowest BCUT2D eigenvalue weighted by Crippen LogP contribution is -2.31. The maximum Gasteiger partial charge on any atom is 0.208 e. The molecule has 2 aliphatic carbocycles. The van der Waals surface area contributed by atoms with Gasteiger partial charge < -0.3 is 20.1 Å². The van der Waals surface area contributed by atoms with E-state index in [-0.39, 0.29) is 17.9 Å². The van der Waals surface area contributed by atoms with Gasteiger partial charge in [0.05, 0.1) is 18.5 Å². The van der Waals surface area contributed by atoms with Gasteiger partial charge in [-0.15, -0.1) is 0 Å². The van der Waals surface area contributed by atoms with Gasteiger partial charge >= 0.3 is 0 Å². The maximum atomic E-state index is 10.6. The summed E-state index contributed by atoms with van der Waals surface area (Å²) < 4.78 is 2.92. The Morgan fingerprint density at radius 3 is 2.84 bits per heavy atom. The zero-order valence-corrected chi connectivity index (χ0v) is 19.5. The number of halogens is 1. The van der Waals surface area contributed by atoms with Crippen molar-refractivity contribution >= 4 is 32.9 Å². The van der Waals surface area contributed by atoms with Crippen LogP contribution in [0.5, 0.6) is 0 Å². The molecule has 1 aromatic carbocycles. The van der Waals surface area contributed by atoms with E-state index >= 15 is 0 Å². The molecule has 8 heteroatoms. The second-order valence-electron chi connectivity index (χ2n) is 8.64. The van der Waals surface area contributed by atoms with Crippen molar-refractivity contribution in [3.63, 3.8) is 0 Å². The number of aliphatic hydroxyl groups is 2. The summed E-state index contributed by atoms with van der Waals surface area (Å²) in [6.45, 7) is 2.72. The molecule has 166 valence electrons. The fourth-order valence-electron chi connectivity index (χ4n) is 4.65. The van der Waals surface area contributed by atoms with Crippen LogP contribution in [0.4, 0.5) is 5.82 Å². The molecule has 2 fully saturated rings. The van der Waals surface area contributed by atoms with E-state index in [0.717, 1.165) is 35.7 Å². The number of aromatic nitrogens is 4. The highest BCUT2D eigenvalue weighted by Crippen LogP contribution is 2.57. The molecule has 7 nitrogen and oxygen atoms in total. The molecule has 0 radical (unpaired) electrons. The van der Waals surface area contributed by atoms with Crippen molar-refractivity contribution in [1.29, 1.82) is 0 Å². The summed E-state index contributed by atoms with van der Waals surface area (Å²) in [5.41, 5.74) is 2.39. The number of imidazole rings is 1. The topological polar surface area (TPSA) is 96.1 Å². The van der Waals surface area contributed by atoms with Gasteiger partial charge in [-0.05, 0) is 48.3 Å². The Labute approximate surface area is 195 Å². The van der Waals surface area contributed by atoms with Crippen molar-refractivity contribution in [3.8, 4) is 11.8 Å². The van der Waals surface area contributed by atoms with E-state index in [4.69, 9.17) is 4.98 Å². The number of unbranched alkanes of at least 4 members (excludes halogenated alkanes) is 2. The predicted octanol–water partition coefficient (Wildman–Crippen LogP) is 3.66. The van der Waals surface area contributed by atoms with Crippen LogP contribution in [0, 0.1) is 23.7 Å². The summed E-state index contributed by atoms with van der Waals surface area (Å²) in [5.74, 6) is 7.73. The molecule has 0 aliphatic heterocycles. The second kappa shape index (κ2) is 8.81. The van der Waals surface area contributed by atoms with Crippen LogP contribution in [-0.2, 0) is 6.54 Å². The zero-order valence-electron chi connectivity index (χ0n) is 17.9. The smallest absolute Gasteiger partial charge is 0.208 e. The highest BCUT2D eigenvalue weighted by molar-refractivity contribution is 9.10. The number of rotatable bonds is 6. The molecule has 0 spiro atoms. The van der Waals surface area contributed by atoms with E-state index in [1.807, 2.05) is 22.8 Å². The predicted molar refractivity (Wildman–Crippen MR) is 126 cm³/mol. The number of hydrogen-bond donors (Lipinski definition) is 3. The van der Waals surface area contributed by atoms with Crippen molar-refractivity contribution < 1.29 is 10.2 Å². The van der Waals surface area contributed by atoms with E-state index in [0.29, 0.717) is 29.4 Å². The van der Waals surface area contributed by atoms with Crippen molar-refractivity contribution in [2.45, 2.75) is 57.4 Å². The molecule has 3 N–H and O–H groups in total. The SMILES string of the molecule is CCCCC#Cc1nc(NCc2cccc(Br)c2)c2ncn([C@H]3[C@H](O)[C@H](O)[C@@H]4C[C@@H]43)c2n1. The van der Waals surface area contributed by atoms with Gasteiger partial charge in [-0.2, -0.15) is 0 Å². The Morgan fingerprint density at radius 2 is 2.09 bits per heavy atom. The van der Waals surface area contributed by atoms with E-state index < -0.39 is 12.2 Å². The second-order valence-corrected chi connectivity index (χ2v) is 9.56. The first-order valence-corrected chi connectivity index (χ1v) is 11.9. The minimum Gasteiger partial charge on any atom is -0.390 e. The van der Waals surface area contributed by atoms with E-state index in [1.54, 1.807) is 6.33 Å². The first kappa shape index (κ1) is 21.4. The third-order valence-electron chi connectivity index (χ3n) is 6.42. The Morgan fingerprint density at radius 1 is 1.22 bits per heavy atom. The normalized spacial score (nSPS) is 25.9. The van der Waals surface area contributed by atoms with Crippen LogP contribution < -0.4 is 5.32 Å². The highest BCUT2D eigenvalue weighted by Gasteiger charge is 2.60. The standard InChI is InChI=1S/C24H26BrN5O2/c1-2-3-4-5-9-18-28-23(26-12-14-7-6-8-15(25)10-14)19-24(29-18)30(13-27-19)20-16-11-17(16)21(31)22(20)32/h6-8,10,13,16-17,20-22,31-32H,2-4,11-12H2,1H3,(H,26,28,29)/t16-,17+,20+,21+,22-/m0/s1. The zero-order chi connectivity index (χ0) is 22.2. The Hall–Kier alpha value is -2.47. The summed E-state index contributed by atoms with van der Waals surface area (Å²) in [5, 5.41) is 24.3. The molecule has 2 aliphatic rings.